The summed E-state index contributed by atoms with van der Waals surface area (Å²) >= 11 is 1.48. The van der Waals surface area contributed by atoms with Crippen molar-refractivity contribution in [3.8, 4) is 0 Å². The Labute approximate surface area is 138 Å². The molecule has 1 aromatic heterocycles. The van der Waals surface area contributed by atoms with Crippen molar-refractivity contribution in [3.63, 3.8) is 0 Å². The molecule has 1 saturated heterocycles. The Morgan fingerprint density at radius 1 is 1.35 bits per heavy atom. The number of hydrogen-bond donors (Lipinski definition) is 0. The number of hydrogen-bond acceptors (Lipinski definition) is 5. The minimum atomic E-state index is -0.241. The van der Waals surface area contributed by atoms with Crippen LogP contribution < -0.4 is 4.90 Å². The van der Waals surface area contributed by atoms with Gasteiger partial charge in [0.2, 0.25) is 0 Å². The van der Waals surface area contributed by atoms with Gasteiger partial charge in [0.15, 0.2) is 5.13 Å². The Hall–Kier alpha value is -1.69. The lowest BCUT2D eigenvalue weighted by Gasteiger charge is -2.38. The number of fused-ring (bicyclic) bond motifs is 1. The van der Waals surface area contributed by atoms with Gasteiger partial charge in [0.05, 0.1) is 23.3 Å². The molecular formula is C17H19FN2O2S. The maximum absolute atomic E-state index is 13.2. The van der Waals surface area contributed by atoms with E-state index in [1.807, 2.05) is 0 Å². The summed E-state index contributed by atoms with van der Waals surface area (Å²) in [6.45, 7) is 1.36. The molecule has 1 aliphatic heterocycles. The summed E-state index contributed by atoms with van der Waals surface area (Å²) in [6, 6.07) is 4.63. The highest BCUT2D eigenvalue weighted by atomic mass is 32.1. The van der Waals surface area contributed by atoms with Crippen molar-refractivity contribution >= 4 is 32.7 Å². The fraction of sp³-hybridized carbons (Fsp3) is 0.529. The van der Waals surface area contributed by atoms with E-state index in [1.54, 1.807) is 6.07 Å². The van der Waals surface area contributed by atoms with Gasteiger partial charge in [-0.1, -0.05) is 24.2 Å². The van der Waals surface area contributed by atoms with Crippen LogP contribution in [0.5, 0.6) is 0 Å². The zero-order valence-corrected chi connectivity index (χ0v) is 13.7. The van der Waals surface area contributed by atoms with E-state index < -0.39 is 0 Å². The van der Waals surface area contributed by atoms with Gasteiger partial charge in [-0.2, -0.15) is 0 Å². The molecule has 0 bridgehead atoms. The monoisotopic (exact) mass is 334 g/mol. The lowest BCUT2D eigenvalue weighted by atomic mass is 10.0. The van der Waals surface area contributed by atoms with Crippen LogP contribution >= 0.6 is 11.3 Å². The van der Waals surface area contributed by atoms with Crippen LogP contribution in [0.1, 0.15) is 32.1 Å². The molecule has 1 aromatic carbocycles. The third-order valence-corrected chi connectivity index (χ3v) is 5.76. The Kier molecular flexibility index (Phi) is 3.93. The molecule has 2 aromatic rings. The average Bonchev–Trinajstić information content (AvgIpc) is 3.10. The maximum Gasteiger partial charge on any atom is 0.306 e. The maximum atomic E-state index is 13.2. The lowest BCUT2D eigenvalue weighted by molar-refractivity contribution is -0.151. The van der Waals surface area contributed by atoms with Gasteiger partial charge in [-0.25, -0.2) is 9.37 Å². The standard InChI is InChI=1S/C17H19FN2O2S/c18-12-5-6-14-15(8-12)23-17(19-14)20-9-13(10-20)22-16(21)7-11-3-1-2-4-11/h5-6,8,11,13H,1-4,7,9-10H2. The van der Waals surface area contributed by atoms with E-state index in [1.165, 1.54) is 36.3 Å². The number of carbonyl (C=O) groups is 1. The van der Waals surface area contributed by atoms with Gasteiger partial charge in [0.25, 0.3) is 0 Å². The van der Waals surface area contributed by atoms with Gasteiger partial charge in [-0.15, -0.1) is 0 Å². The van der Waals surface area contributed by atoms with Crippen LogP contribution in [0.2, 0.25) is 0 Å². The highest BCUT2D eigenvalue weighted by Gasteiger charge is 2.32. The Balaban J connectivity index is 1.30. The molecule has 4 nitrogen and oxygen atoms in total. The van der Waals surface area contributed by atoms with Crippen LogP contribution in [-0.2, 0) is 9.53 Å². The number of esters is 1. The second-order valence-corrected chi connectivity index (χ2v) is 7.49. The fourth-order valence-electron chi connectivity index (χ4n) is 3.37. The predicted molar refractivity (Wildman–Crippen MR) is 88.2 cm³/mol. The van der Waals surface area contributed by atoms with Gasteiger partial charge < -0.3 is 9.64 Å². The molecule has 23 heavy (non-hydrogen) atoms. The van der Waals surface area contributed by atoms with E-state index in [2.05, 4.69) is 9.88 Å². The number of anilines is 1. The highest BCUT2D eigenvalue weighted by Crippen LogP contribution is 2.33. The molecule has 0 amide bonds. The van der Waals surface area contributed by atoms with Gasteiger partial charge in [-0.05, 0) is 37.0 Å². The third kappa shape index (κ3) is 3.17. The molecule has 0 N–H and O–H groups in total. The molecule has 122 valence electrons. The molecule has 1 aliphatic carbocycles. The van der Waals surface area contributed by atoms with Crippen molar-refractivity contribution in [2.45, 2.75) is 38.2 Å². The quantitative estimate of drug-likeness (QED) is 0.799. The summed E-state index contributed by atoms with van der Waals surface area (Å²) in [7, 11) is 0. The molecule has 0 radical (unpaired) electrons. The molecule has 2 aliphatic rings. The molecule has 1 saturated carbocycles. The van der Waals surface area contributed by atoms with Crippen molar-refractivity contribution in [3.05, 3.63) is 24.0 Å². The predicted octanol–water partition coefficient (Wildman–Crippen LogP) is 3.75. The third-order valence-electron chi connectivity index (χ3n) is 4.69. The molecule has 0 unspecified atom stereocenters. The van der Waals surface area contributed by atoms with E-state index >= 15 is 0 Å². The van der Waals surface area contributed by atoms with Gasteiger partial charge >= 0.3 is 5.97 Å². The molecule has 0 atom stereocenters. The van der Waals surface area contributed by atoms with Crippen molar-refractivity contribution in [2.75, 3.05) is 18.0 Å². The summed E-state index contributed by atoms with van der Waals surface area (Å²) in [5.41, 5.74) is 0.813. The minimum Gasteiger partial charge on any atom is -0.459 e. The smallest absolute Gasteiger partial charge is 0.306 e. The van der Waals surface area contributed by atoms with Crippen LogP contribution in [0.25, 0.3) is 10.2 Å². The van der Waals surface area contributed by atoms with Gasteiger partial charge in [0, 0.05) is 6.42 Å². The number of nitrogens with zero attached hydrogens (tertiary/aromatic N) is 2. The largest absolute Gasteiger partial charge is 0.459 e. The molecule has 0 spiro atoms. The zero-order valence-electron chi connectivity index (χ0n) is 12.8. The van der Waals surface area contributed by atoms with E-state index in [4.69, 9.17) is 4.74 Å². The summed E-state index contributed by atoms with van der Waals surface area (Å²) in [5, 5.41) is 0.869. The van der Waals surface area contributed by atoms with Gasteiger partial charge in [0.1, 0.15) is 11.9 Å². The SMILES string of the molecule is O=C(CC1CCCC1)OC1CN(c2nc3ccc(F)cc3s2)C1. The topological polar surface area (TPSA) is 42.4 Å². The van der Waals surface area contributed by atoms with Crippen LogP contribution in [0.4, 0.5) is 9.52 Å². The van der Waals surface area contributed by atoms with Crippen LogP contribution in [-0.4, -0.2) is 30.1 Å². The molecular weight excluding hydrogens is 315 g/mol. The van der Waals surface area contributed by atoms with Crippen molar-refractivity contribution in [1.82, 2.24) is 4.98 Å². The first-order chi connectivity index (χ1) is 11.2. The number of halogens is 1. The zero-order chi connectivity index (χ0) is 15.8. The fourth-order valence-corrected chi connectivity index (χ4v) is 4.38. The lowest BCUT2D eigenvalue weighted by Crippen LogP contribution is -2.53. The van der Waals surface area contributed by atoms with E-state index in [0.717, 1.165) is 28.2 Å². The minimum absolute atomic E-state index is 0.0346. The first-order valence-corrected chi connectivity index (χ1v) is 8.99. The number of benzene rings is 1. The van der Waals surface area contributed by atoms with Crippen molar-refractivity contribution in [1.29, 1.82) is 0 Å². The Bertz CT molecular complexity index is 720. The highest BCUT2D eigenvalue weighted by molar-refractivity contribution is 7.22. The summed E-state index contributed by atoms with van der Waals surface area (Å²) in [5.74, 6) is 0.223. The summed E-state index contributed by atoms with van der Waals surface area (Å²) in [6.07, 6.45) is 5.34. The number of carbonyl (C=O) groups excluding carboxylic acids is 1. The Morgan fingerprint density at radius 3 is 2.91 bits per heavy atom. The van der Waals surface area contributed by atoms with Crippen LogP contribution in [0.15, 0.2) is 18.2 Å². The summed E-state index contributed by atoms with van der Waals surface area (Å²) in [4.78, 5) is 18.5. The number of aromatic nitrogens is 1. The average molecular weight is 334 g/mol. The van der Waals surface area contributed by atoms with Crippen molar-refractivity contribution in [2.24, 2.45) is 5.92 Å². The van der Waals surface area contributed by atoms with Crippen molar-refractivity contribution < 1.29 is 13.9 Å². The van der Waals surface area contributed by atoms with E-state index in [0.29, 0.717) is 25.4 Å². The van der Waals surface area contributed by atoms with Gasteiger partial charge in [-0.3, -0.25) is 4.79 Å². The summed E-state index contributed by atoms with van der Waals surface area (Å²) < 4.78 is 19.6. The Morgan fingerprint density at radius 2 is 2.13 bits per heavy atom. The van der Waals surface area contributed by atoms with E-state index in [9.17, 15) is 9.18 Å². The molecule has 2 fully saturated rings. The molecule has 2 heterocycles. The molecule has 4 rings (SSSR count). The van der Waals surface area contributed by atoms with Crippen LogP contribution in [0.3, 0.4) is 0 Å². The number of ether oxygens (including phenoxy) is 1. The first kappa shape index (κ1) is 14.9. The second-order valence-electron chi connectivity index (χ2n) is 6.48. The first-order valence-electron chi connectivity index (χ1n) is 8.18. The molecule has 6 heteroatoms. The normalized spacial score (nSPS) is 19.3. The van der Waals surface area contributed by atoms with E-state index in [-0.39, 0.29) is 17.9 Å². The van der Waals surface area contributed by atoms with Crippen LogP contribution in [0, 0.1) is 11.7 Å². The number of thiazole rings is 1. The number of rotatable bonds is 4. The second kappa shape index (κ2) is 6.07.